The first kappa shape index (κ1) is 27.9. The number of carboxylic acids is 1. The minimum Gasteiger partial charge on any atom is -0.491 e. The molecule has 0 fully saturated rings. The number of anilines is 2. The van der Waals surface area contributed by atoms with E-state index < -0.39 is 22.8 Å². The lowest BCUT2D eigenvalue weighted by Gasteiger charge is -2.21. The average molecular weight is 531 g/mol. The fraction of sp³-hybridized carbons (Fsp3) is 0.385. The zero-order valence-corrected chi connectivity index (χ0v) is 22.2. The van der Waals surface area contributed by atoms with Crippen molar-refractivity contribution in [3.05, 3.63) is 79.6 Å². The SMILES string of the molecule is COCc1cc(Nc2nc(=O)n(CC(C)(C)C(=O)O)c(=O)n2Cc2ccc(Cl)cc2)ccc1OC(C)C. The molecule has 0 saturated heterocycles. The van der Waals surface area contributed by atoms with Crippen LogP contribution in [-0.4, -0.2) is 38.4 Å². The van der Waals surface area contributed by atoms with Crippen molar-refractivity contribution in [3.63, 3.8) is 0 Å². The Balaban J connectivity index is 2.10. The highest BCUT2D eigenvalue weighted by Crippen LogP contribution is 2.26. The molecular weight excluding hydrogens is 500 g/mol. The van der Waals surface area contributed by atoms with E-state index in [0.717, 1.165) is 15.7 Å². The number of methoxy groups -OCH3 is 1. The van der Waals surface area contributed by atoms with Gasteiger partial charge in [-0.15, -0.1) is 0 Å². The highest BCUT2D eigenvalue weighted by molar-refractivity contribution is 6.30. The summed E-state index contributed by atoms with van der Waals surface area (Å²) >= 11 is 6.00. The van der Waals surface area contributed by atoms with E-state index in [2.05, 4.69) is 10.3 Å². The maximum absolute atomic E-state index is 13.5. The van der Waals surface area contributed by atoms with E-state index in [1.165, 1.54) is 18.4 Å². The summed E-state index contributed by atoms with van der Waals surface area (Å²) in [5.41, 5.74) is -0.847. The molecule has 198 valence electrons. The van der Waals surface area contributed by atoms with Crippen LogP contribution >= 0.6 is 11.6 Å². The summed E-state index contributed by atoms with van der Waals surface area (Å²) in [6.45, 7) is 6.73. The fourth-order valence-corrected chi connectivity index (χ4v) is 3.69. The van der Waals surface area contributed by atoms with Gasteiger partial charge in [0.15, 0.2) is 0 Å². The lowest BCUT2D eigenvalue weighted by atomic mass is 9.94. The molecule has 3 rings (SSSR count). The van der Waals surface area contributed by atoms with E-state index in [1.54, 1.807) is 49.6 Å². The Morgan fingerprint density at radius 2 is 1.81 bits per heavy atom. The number of aliphatic carboxylic acids is 1. The van der Waals surface area contributed by atoms with E-state index in [9.17, 15) is 19.5 Å². The Morgan fingerprint density at radius 1 is 1.14 bits per heavy atom. The third-order valence-electron chi connectivity index (χ3n) is 5.52. The van der Waals surface area contributed by atoms with Crippen LogP contribution in [-0.2, 0) is 29.2 Å². The molecule has 0 atom stereocenters. The van der Waals surface area contributed by atoms with Crippen molar-refractivity contribution < 1.29 is 19.4 Å². The molecular formula is C26H31ClN4O6. The Hall–Kier alpha value is -3.63. The Bertz CT molecular complexity index is 1380. The van der Waals surface area contributed by atoms with Crippen LogP contribution in [0.5, 0.6) is 5.75 Å². The van der Waals surface area contributed by atoms with E-state index >= 15 is 0 Å². The second kappa shape index (κ2) is 11.6. The summed E-state index contributed by atoms with van der Waals surface area (Å²) in [4.78, 5) is 42.2. The maximum Gasteiger partial charge on any atom is 0.354 e. The molecule has 2 N–H and O–H groups in total. The fourth-order valence-electron chi connectivity index (χ4n) is 3.56. The molecule has 0 radical (unpaired) electrons. The molecule has 0 aliphatic carbocycles. The van der Waals surface area contributed by atoms with Crippen LogP contribution in [0.4, 0.5) is 11.6 Å². The number of nitrogens with zero attached hydrogens (tertiary/aromatic N) is 3. The van der Waals surface area contributed by atoms with Crippen LogP contribution < -0.4 is 21.4 Å². The molecule has 3 aromatic rings. The van der Waals surface area contributed by atoms with E-state index in [1.807, 2.05) is 13.8 Å². The highest BCUT2D eigenvalue weighted by Gasteiger charge is 2.30. The van der Waals surface area contributed by atoms with Gasteiger partial charge in [0.05, 0.1) is 24.7 Å². The molecule has 0 aliphatic heterocycles. The minimum absolute atomic E-state index is 0.00947. The molecule has 0 bridgehead atoms. The quantitative estimate of drug-likeness (QED) is 0.382. The van der Waals surface area contributed by atoms with Gasteiger partial charge in [0, 0.05) is 29.9 Å². The van der Waals surface area contributed by atoms with E-state index in [4.69, 9.17) is 21.1 Å². The maximum atomic E-state index is 13.5. The summed E-state index contributed by atoms with van der Waals surface area (Å²) in [6, 6.07) is 12.2. The Morgan fingerprint density at radius 3 is 2.41 bits per heavy atom. The number of hydrogen-bond acceptors (Lipinski definition) is 7. The van der Waals surface area contributed by atoms with Crippen molar-refractivity contribution in [1.29, 1.82) is 0 Å². The third kappa shape index (κ3) is 6.99. The Labute approximate surface area is 219 Å². The first-order chi connectivity index (χ1) is 17.4. The van der Waals surface area contributed by atoms with Gasteiger partial charge < -0.3 is 19.9 Å². The number of aromatic nitrogens is 3. The predicted octanol–water partition coefficient (Wildman–Crippen LogP) is 3.89. The van der Waals surface area contributed by atoms with Gasteiger partial charge in [-0.2, -0.15) is 4.98 Å². The molecule has 0 aliphatic rings. The lowest BCUT2D eigenvalue weighted by molar-refractivity contribution is -0.147. The number of benzene rings is 2. The standard InChI is InChI=1S/C26H31ClN4O6/c1-16(2)37-21-11-10-20(12-18(21)14-36-5)28-23-29-24(34)31(15-26(3,4)22(32)33)25(35)30(23)13-17-6-8-19(27)9-7-17/h6-12,16H,13-15H2,1-5H3,(H,32,33)(H,28,29,34). The van der Waals surface area contributed by atoms with Crippen LogP contribution in [0, 0.1) is 5.41 Å². The molecule has 0 spiro atoms. The first-order valence-corrected chi connectivity index (χ1v) is 12.0. The van der Waals surface area contributed by atoms with E-state index in [0.29, 0.717) is 16.5 Å². The van der Waals surface area contributed by atoms with Crippen LogP contribution in [0.15, 0.2) is 52.1 Å². The van der Waals surface area contributed by atoms with Crippen molar-refractivity contribution in [2.24, 2.45) is 5.41 Å². The van der Waals surface area contributed by atoms with Crippen molar-refractivity contribution in [2.75, 3.05) is 12.4 Å². The molecule has 11 heteroatoms. The number of carbonyl (C=O) groups is 1. The van der Waals surface area contributed by atoms with Gasteiger partial charge >= 0.3 is 17.3 Å². The van der Waals surface area contributed by atoms with Crippen LogP contribution in [0.1, 0.15) is 38.8 Å². The van der Waals surface area contributed by atoms with Crippen molar-refractivity contribution in [1.82, 2.24) is 14.1 Å². The normalized spacial score (nSPS) is 11.5. The van der Waals surface area contributed by atoms with Gasteiger partial charge in [0.25, 0.3) is 0 Å². The van der Waals surface area contributed by atoms with Gasteiger partial charge in [-0.05, 0) is 63.6 Å². The highest BCUT2D eigenvalue weighted by atomic mass is 35.5. The minimum atomic E-state index is -1.36. The van der Waals surface area contributed by atoms with Crippen LogP contribution in [0.25, 0.3) is 0 Å². The van der Waals surface area contributed by atoms with E-state index in [-0.39, 0.29) is 31.7 Å². The topological polar surface area (TPSA) is 125 Å². The van der Waals surface area contributed by atoms with Gasteiger partial charge in [0.1, 0.15) is 5.75 Å². The molecule has 10 nitrogen and oxygen atoms in total. The number of ether oxygens (including phenoxy) is 2. The second-order valence-electron chi connectivity index (χ2n) is 9.54. The molecule has 0 amide bonds. The number of carboxylic acid groups (broad SMARTS) is 1. The summed E-state index contributed by atoms with van der Waals surface area (Å²) < 4.78 is 13.3. The number of halogens is 1. The molecule has 37 heavy (non-hydrogen) atoms. The molecule has 1 heterocycles. The molecule has 1 aromatic heterocycles. The summed E-state index contributed by atoms with van der Waals surface area (Å²) in [5.74, 6) is -0.477. The first-order valence-electron chi connectivity index (χ1n) is 11.7. The number of nitrogens with one attached hydrogen (secondary N) is 1. The zero-order chi connectivity index (χ0) is 27.3. The molecule has 0 unspecified atom stereocenters. The van der Waals surface area contributed by atoms with Gasteiger partial charge in [-0.1, -0.05) is 23.7 Å². The van der Waals surface area contributed by atoms with Crippen LogP contribution in [0.2, 0.25) is 5.02 Å². The largest absolute Gasteiger partial charge is 0.491 e. The van der Waals surface area contributed by atoms with Gasteiger partial charge in [-0.25, -0.2) is 14.2 Å². The smallest absolute Gasteiger partial charge is 0.354 e. The number of rotatable bonds is 11. The third-order valence-corrected chi connectivity index (χ3v) is 5.77. The molecule has 0 saturated carbocycles. The number of hydrogen-bond donors (Lipinski definition) is 2. The monoisotopic (exact) mass is 530 g/mol. The second-order valence-corrected chi connectivity index (χ2v) is 9.97. The summed E-state index contributed by atoms with van der Waals surface area (Å²) in [6.07, 6.45) is -0.0386. The lowest BCUT2D eigenvalue weighted by Crippen LogP contribution is -2.46. The van der Waals surface area contributed by atoms with Crippen LogP contribution in [0.3, 0.4) is 0 Å². The average Bonchev–Trinajstić information content (AvgIpc) is 2.82. The van der Waals surface area contributed by atoms with Gasteiger partial charge in [0.2, 0.25) is 5.95 Å². The molecule has 2 aromatic carbocycles. The predicted molar refractivity (Wildman–Crippen MR) is 141 cm³/mol. The summed E-state index contributed by atoms with van der Waals surface area (Å²) in [7, 11) is 1.57. The Kier molecular flexibility index (Phi) is 8.77. The van der Waals surface area contributed by atoms with Crippen molar-refractivity contribution >= 4 is 29.2 Å². The van der Waals surface area contributed by atoms with Gasteiger partial charge in [-0.3, -0.25) is 9.36 Å². The van der Waals surface area contributed by atoms with Crippen molar-refractivity contribution in [2.45, 2.75) is 53.5 Å². The summed E-state index contributed by atoms with van der Waals surface area (Å²) in [5, 5.41) is 13.1. The van der Waals surface area contributed by atoms with Crippen molar-refractivity contribution in [3.8, 4) is 5.75 Å². The zero-order valence-electron chi connectivity index (χ0n) is 21.4.